The molecule has 1 atom stereocenters. The Kier molecular flexibility index (Phi) is 4.58. The molecule has 1 unspecified atom stereocenters. The van der Waals surface area contributed by atoms with Crippen LogP contribution in [0.15, 0.2) is 36.8 Å². The maximum absolute atomic E-state index is 13.4. The Bertz CT molecular complexity index is 542. The van der Waals surface area contributed by atoms with E-state index in [0.717, 1.165) is 29.8 Å². The lowest BCUT2D eigenvalue weighted by atomic mass is 10.0. The summed E-state index contributed by atoms with van der Waals surface area (Å²) in [6.45, 7) is 4.95. The number of rotatable bonds is 5. The second-order valence-electron chi connectivity index (χ2n) is 4.53. The van der Waals surface area contributed by atoms with Gasteiger partial charge in [0.1, 0.15) is 5.82 Å². The summed E-state index contributed by atoms with van der Waals surface area (Å²) in [6, 6.07) is 5.30. The van der Waals surface area contributed by atoms with Crippen molar-refractivity contribution in [3.05, 3.63) is 59.4 Å². The number of aromatic nitrogens is 2. The van der Waals surface area contributed by atoms with Crippen LogP contribution in [-0.4, -0.2) is 16.5 Å². The standard InChI is InChI=1S/C15H18FN3/c1-3-6-18-15(12-8-13(16)10-17-9-12)14-11(2)5-4-7-19-14/h4-5,7-10,15,18H,3,6H2,1-2H3. The summed E-state index contributed by atoms with van der Waals surface area (Å²) < 4.78 is 13.4. The van der Waals surface area contributed by atoms with Crippen molar-refractivity contribution < 1.29 is 4.39 Å². The van der Waals surface area contributed by atoms with E-state index in [2.05, 4.69) is 22.2 Å². The highest BCUT2D eigenvalue weighted by atomic mass is 19.1. The van der Waals surface area contributed by atoms with Gasteiger partial charge < -0.3 is 5.32 Å². The molecule has 0 saturated heterocycles. The molecule has 4 heteroatoms. The Morgan fingerprint density at radius 3 is 2.89 bits per heavy atom. The van der Waals surface area contributed by atoms with Crippen LogP contribution in [-0.2, 0) is 0 Å². The molecule has 0 aromatic carbocycles. The van der Waals surface area contributed by atoms with Crippen molar-refractivity contribution in [1.82, 2.24) is 15.3 Å². The maximum Gasteiger partial charge on any atom is 0.141 e. The third kappa shape index (κ3) is 3.35. The van der Waals surface area contributed by atoms with Crippen LogP contribution in [0.5, 0.6) is 0 Å². The summed E-state index contributed by atoms with van der Waals surface area (Å²) in [7, 11) is 0. The minimum atomic E-state index is -0.325. The number of pyridine rings is 2. The quantitative estimate of drug-likeness (QED) is 0.897. The lowest BCUT2D eigenvalue weighted by Gasteiger charge is -2.20. The molecule has 0 amide bonds. The predicted octanol–water partition coefficient (Wildman–Crippen LogP) is 3.01. The minimum absolute atomic E-state index is 0.121. The van der Waals surface area contributed by atoms with Gasteiger partial charge in [-0.2, -0.15) is 0 Å². The number of aryl methyl sites for hydroxylation is 1. The van der Waals surface area contributed by atoms with Crippen LogP contribution in [0, 0.1) is 12.7 Å². The first-order valence-corrected chi connectivity index (χ1v) is 6.47. The first-order valence-electron chi connectivity index (χ1n) is 6.47. The molecule has 0 aliphatic heterocycles. The fourth-order valence-corrected chi connectivity index (χ4v) is 2.05. The van der Waals surface area contributed by atoms with Crippen molar-refractivity contribution in [3.63, 3.8) is 0 Å². The van der Waals surface area contributed by atoms with E-state index in [9.17, 15) is 4.39 Å². The first-order chi connectivity index (χ1) is 9.22. The molecule has 2 rings (SSSR count). The summed E-state index contributed by atoms with van der Waals surface area (Å²) in [5.41, 5.74) is 2.80. The van der Waals surface area contributed by atoms with Gasteiger partial charge in [0.15, 0.2) is 0 Å². The van der Waals surface area contributed by atoms with Crippen LogP contribution in [0.2, 0.25) is 0 Å². The smallest absolute Gasteiger partial charge is 0.141 e. The van der Waals surface area contributed by atoms with Crippen molar-refractivity contribution in [2.75, 3.05) is 6.54 Å². The fraction of sp³-hybridized carbons (Fsp3) is 0.333. The molecule has 0 saturated carbocycles. The molecule has 0 spiro atoms. The van der Waals surface area contributed by atoms with Crippen LogP contribution in [0.1, 0.15) is 36.2 Å². The van der Waals surface area contributed by atoms with E-state index >= 15 is 0 Å². The van der Waals surface area contributed by atoms with E-state index in [4.69, 9.17) is 0 Å². The highest BCUT2D eigenvalue weighted by molar-refractivity contribution is 5.30. The molecule has 100 valence electrons. The zero-order valence-electron chi connectivity index (χ0n) is 11.2. The molecule has 19 heavy (non-hydrogen) atoms. The van der Waals surface area contributed by atoms with E-state index in [-0.39, 0.29) is 11.9 Å². The van der Waals surface area contributed by atoms with Crippen molar-refractivity contribution in [2.45, 2.75) is 26.3 Å². The molecule has 2 aromatic rings. The van der Waals surface area contributed by atoms with Gasteiger partial charge >= 0.3 is 0 Å². The summed E-state index contributed by atoms with van der Waals surface area (Å²) in [6.07, 6.45) is 5.66. The molecule has 3 nitrogen and oxygen atoms in total. The van der Waals surface area contributed by atoms with Crippen LogP contribution in [0.4, 0.5) is 4.39 Å². The molecule has 2 heterocycles. The number of halogens is 1. The molecular weight excluding hydrogens is 241 g/mol. The Labute approximate surface area is 112 Å². The number of nitrogens with zero attached hydrogens (tertiary/aromatic N) is 2. The zero-order chi connectivity index (χ0) is 13.7. The van der Waals surface area contributed by atoms with E-state index in [1.807, 2.05) is 19.1 Å². The molecule has 0 aliphatic carbocycles. The molecular formula is C15H18FN3. The van der Waals surface area contributed by atoms with Crippen molar-refractivity contribution in [2.24, 2.45) is 0 Å². The summed E-state index contributed by atoms with van der Waals surface area (Å²) in [5, 5.41) is 3.40. The lowest BCUT2D eigenvalue weighted by Crippen LogP contribution is -2.25. The Morgan fingerprint density at radius 2 is 2.21 bits per heavy atom. The van der Waals surface area contributed by atoms with E-state index in [0.29, 0.717) is 0 Å². The van der Waals surface area contributed by atoms with E-state index < -0.39 is 0 Å². The Morgan fingerprint density at radius 1 is 1.37 bits per heavy atom. The SMILES string of the molecule is CCCNC(c1cncc(F)c1)c1ncccc1C. The van der Waals surface area contributed by atoms with Gasteiger partial charge in [-0.1, -0.05) is 13.0 Å². The summed E-state index contributed by atoms with van der Waals surface area (Å²) in [4.78, 5) is 8.35. The summed E-state index contributed by atoms with van der Waals surface area (Å²) in [5.74, 6) is -0.325. The average Bonchev–Trinajstić information content (AvgIpc) is 2.41. The van der Waals surface area contributed by atoms with Crippen LogP contribution in [0.25, 0.3) is 0 Å². The normalized spacial score (nSPS) is 12.4. The van der Waals surface area contributed by atoms with E-state index in [1.54, 1.807) is 12.4 Å². The third-order valence-electron chi connectivity index (χ3n) is 2.98. The fourth-order valence-electron chi connectivity index (χ4n) is 2.05. The van der Waals surface area contributed by atoms with E-state index in [1.165, 1.54) is 12.3 Å². The largest absolute Gasteiger partial charge is 0.305 e. The van der Waals surface area contributed by atoms with Gasteiger partial charge in [-0.25, -0.2) is 4.39 Å². The molecule has 0 radical (unpaired) electrons. The molecule has 1 N–H and O–H groups in total. The van der Waals surface area contributed by atoms with Gasteiger partial charge in [0.05, 0.1) is 17.9 Å². The topological polar surface area (TPSA) is 37.8 Å². The van der Waals surface area contributed by atoms with Crippen LogP contribution >= 0.6 is 0 Å². The van der Waals surface area contributed by atoms with Crippen molar-refractivity contribution >= 4 is 0 Å². The number of nitrogens with one attached hydrogen (secondary N) is 1. The second-order valence-corrected chi connectivity index (χ2v) is 4.53. The third-order valence-corrected chi connectivity index (χ3v) is 2.98. The highest BCUT2D eigenvalue weighted by Crippen LogP contribution is 2.22. The number of hydrogen-bond acceptors (Lipinski definition) is 3. The molecule has 0 bridgehead atoms. The maximum atomic E-state index is 13.4. The minimum Gasteiger partial charge on any atom is -0.305 e. The average molecular weight is 259 g/mol. The molecule has 0 aliphatic rings. The van der Waals surface area contributed by atoms with Crippen molar-refractivity contribution in [3.8, 4) is 0 Å². The van der Waals surface area contributed by atoms with Gasteiger partial charge in [-0.3, -0.25) is 9.97 Å². The zero-order valence-corrected chi connectivity index (χ0v) is 11.2. The highest BCUT2D eigenvalue weighted by Gasteiger charge is 2.17. The van der Waals surface area contributed by atoms with Crippen LogP contribution in [0.3, 0.4) is 0 Å². The monoisotopic (exact) mass is 259 g/mol. The van der Waals surface area contributed by atoms with Gasteiger partial charge in [-0.05, 0) is 43.1 Å². The van der Waals surface area contributed by atoms with Gasteiger partial charge in [0, 0.05) is 12.4 Å². The predicted molar refractivity (Wildman–Crippen MR) is 73.3 cm³/mol. The lowest BCUT2D eigenvalue weighted by molar-refractivity contribution is 0.569. The molecule has 0 fully saturated rings. The first kappa shape index (κ1) is 13.6. The van der Waals surface area contributed by atoms with Crippen LogP contribution < -0.4 is 5.32 Å². The number of hydrogen-bond donors (Lipinski definition) is 1. The van der Waals surface area contributed by atoms with Gasteiger partial charge in [-0.15, -0.1) is 0 Å². The Hall–Kier alpha value is -1.81. The van der Waals surface area contributed by atoms with Crippen molar-refractivity contribution in [1.29, 1.82) is 0 Å². The van der Waals surface area contributed by atoms with Gasteiger partial charge in [0.2, 0.25) is 0 Å². The van der Waals surface area contributed by atoms with Gasteiger partial charge in [0.25, 0.3) is 0 Å². The summed E-state index contributed by atoms with van der Waals surface area (Å²) >= 11 is 0. The molecule has 2 aromatic heterocycles. The second kappa shape index (κ2) is 6.38. The Balaban J connectivity index is 2.38.